The van der Waals surface area contributed by atoms with E-state index in [0.717, 1.165) is 16.9 Å². The number of hydrogen-bond donors (Lipinski definition) is 1. The summed E-state index contributed by atoms with van der Waals surface area (Å²) in [6.45, 7) is 7.75. The number of nitrogens with zero attached hydrogens (tertiary/aromatic N) is 2. The molecule has 2 rings (SSSR count). The van der Waals surface area contributed by atoms with Crippen LogP contribution in [0.1, 0.15) is 35.6 Å². The van der Waals surface area contributed by atoms with E-state index in [1.807, 2.05) is 50.4 Å². The zero-order chi connectivity index (χ0) is 12.6. The molecule has 0 unspecified atom stereocenters. The minimum absolute atomic E-state index is 0.0735. The van der Waals surface area contributed by atoms with Crippen LogP contribution in [-0.2, 0) is 0 Å². The van der Waals surface area contributed by atoms with Crippen molar-refractivity contribution in [2.45, 2.75) is 33.7 Å². The van der Waals surface area contributed by atoms with E-state index in [9.17, 15) is 4.79 Å². The highest BCUT2D eigenvalue weighted by atomic mass is 16.2. The number of nitrogens with one attached hydrogen (secondary N) is 1. The van der Waals surface area contributed by atoms with Gasteiger partial charge in [-0.05, 0) is 39.3 Å². The first kappa shape index (κ1) is 11.6. The Labute approximate surface area is 101 Å². The van der Waals surface area contributed by atoms with Gasteiger partial charge < -0.3 is 5.32 Å². The van der Waals surface area contributed by atoms with Gasteiger partial charge in [-0.25, -0.2) is 4.98 Å². The Morgan fingerprint density at radius 2 is 2.12 bits per heavy atom. The van der Waals surface area contributed by atoms with Crippen molar-refractivity contribution >= 4 is 11.6 Å². The van der Waals surface area contributed by atoms with E-state index in [4.69, 9.17) is 0 Å². The van der Waals surface area contributed by atoms with E-state index in [1.54, 1.807) is 0 Å². The van der Waals surface area contributed by atoms with Crippen LogP contribution in [0, 0.1) is 13.8 Å². The van der Waals surface area contributed by atoms with Crippen LogP contribution in [0.4, 0.5) is 0 Å². The third kappa shape index (κ3) is 2.02. The van der Waals surface area contributed by atoms with Crippen LogP contribution in [0.25, 0.3) is 5.65 Å². The predicted octanol–water partition coefficient (Wildman–Crippen LogP) is 2.09. The summed E-state index contributed by atoms with van der Waals surface area (Å²) in [5.41, 5.74) is 3.30. The molecule has 0 radical (unpaired) electrons. The fraction of sp³-hybridized carbons (Fsp3) is 0.385. The van der Waals surface area contributed by atoms with Gasteiger partial charge in [0.1, 0.15) is 11.3 Å². The maximum Gasteiger partial charge on any atom is 0.270 e. The smallest absolute Gasteiger partial charge is 0.270 e. The van der Waals surface area contributed by atoms with E-state index in [2.05, 4.69) is 10.3 Å². The van der Waals surface area contributed by atoms with Gasteiger partial charge in [0, 0.05) is 12.2 Å². The van der Waals surface area contributed by atoms with Gasteiger partial charge in [-0.15, -0.1) is 0 Å². The lowest BCUT2D eigenvalue weighted by Crippen LogP contribution is -2.31. The third-order valence-electron chi connectivity index (χ3n) is 2.65. The molecule has 0 atom stereocenters. The number of aromatic nitrogens is 2. The van der Waals surface area contributed by atoms with E-state index >= 15 is 0 Å². The van der Waals surface area contributed by atoms with Crippen molar-refractivity contribution in [3.05, 3.63) is 35.3 Å². The molecule has 2 heterocycles. The van der Waals surface area contributed by atoms with Crippen LogP contribution >= 0.6 is 0 Å². The van der Waals surface area contributed by atoms with E-state index < -0.39 is 0 Å². The number of hydrogen-bond acceptors (Lipinski definition) is 2. The van der Waals surface area contributed by atoms with Crippen LogP contribution < -0.4 is 5.32 Å². The molecule has 0 aliphatic carbocycles. The minimum Gasteiger partial charge on any atom is -0.349 e. The number of amides is 1. The molecule has 2 aromatic rings. The maximum atomic E-state index is 12.1. The molecule has 0 aromatic carbocycles. The molecule has 0 saturated carbocycles. The lowest BCUT2D eigenvalue weighted by atomic mass is 10.3. The van der Waals surface area contributed by atoms with Gasteiger partial charge in [-0.3, -0.25) is 9.20 Å². The average molecular weight is 231 g/mol. The van der Waals surface area contributed by atoms with E-state index in [-0.39, 0.29) is 11.9 Å². The van der Waals surface area contributed by atoms with Crippen LogP contribution in [0.15, 0.2) is 18.3 Å². The van der Waals surface area contributed by atoms with Crippen LogP contribution in [0.3, 0.4) is 0 Å². The number of imidazole rings is 1. The number of carbonyl (C=O) groups excluding carboxylic acids is 1. The summed E-state index contributed by atoms with van der Waals surface area (Å²) in [4.78, 5) is 16.5. The largest absolute Gasteiger partial charge is 0.349 e. The standard InChI is InChI=1S/C13H17N3O/c1-8(2)14-13(17)11-10(4)15-12-9(3)6-5-7-16(11)12/h5-8H,1-4H3,(H,14,17). The summed E-state index contributed by atoms with van der Waals surface area (Å²) < 4.78 is 1.85. The molecule has 4 heteroatoms. The average Bonchev–Trinajstić information content (AvgIpc) is 2.55. The topological polar surface area (TPSA) is 46.4 Å². The van der Waals surface area contributed by atoms with Gasteiger partial charge in [0.2, 0.25) is 0 Å². The monoisotopic (exact) mass is 231 g/mol. The summed E-state index contributed by atoms with van der Waals surface area (Å²) >= 11 is 0. The Balaban J connectivity index is 2.57. The minimum atomic E-state index is -0.0735. The van der Waals surface area contributed by atoms with Gasteiger partial charge in [0.25, 0.3) is 5.91 Å². The summed E-state index contributed by atoms with van der Waals surface area (Å²) in [6.07, 6.45) is 1.87. The van der Waals surface area contributed by atoms with E-state index in [1.165, 1.54) is 0 Å². The first-order chi connectivity index (χ1) is 8.00. The lowest BCUT2D eigenvalue weighted by Gasteiger charge is -2.08. The molecular weight excluding hydrogens is 214 g/mol. The van der Waals surface area contributed by atoms with Gasteiger partial charge >= 0.3 is 0 Å². The SMILES string of the molecule is Cc1nc2c(C)cccn2c1C(=O)NC(C)C. The summed E-state index contributed by atoms with van der Waals surface area (Å²) in [5.74, 6) is -0.0735. The fourth-order valence-electron chi connectivity index (χ4n) is 1.92. The molecule has 0 saturated heterocycles. The van der Waals surface area contributed by atoms with Gasteiger partial charge in [0.05, 0.1) is 5.69 Å². The molecule has 2 aromatic heterocycles. The van der Waals surface area contributed by atoms with Gasteiger partial charge in [-0.2, -0.15) is 0 Å². The highest BCUT2D eigenvalue weighted by Gasteiger charge is 2.17. The second-order valence-corrected chi connectivity index (χ2v) is 4.56. The van der Waals surface area contributed by atoms with Crippen molar-refractivity contribution in [3.63, 3.8) is 0 Å². The molecule has 0 aliphatic heterocycles. The van der Waals surface area contributed by atoms with Crippen molar-refractivity contribution in [2.75, 3.05) is 0 Å². The van der Waals surface area contributed by atoms with Crippen molar-refractivity contribution in [2.24, 2.45) is 0 Å². The molecular formula is C13H17N3O. The number of fused-ring (bicyclic) bond motifs is 1. The molecule has 0 fully saturated rings. The van der Waals surface area contributed by atoms with Crippen LogP contribution in [-0.4, -0.2) is 21.3 Å². The summed E-state index contributed by atoms with van der Waals surface area (Å²) in [5, 5.41) is 2.90. The first-order valence-electron chi connectivity index (χ1n) is 5.76. The van der Waals surface area contributed by atoms with Crippen LogP contribution in [0.2, 0.25) is 0 Å². The zero-order valence-electron chi connectivity index (χ0n) is 10.6. The van der Waals surface area contributed by atoms with Crippen LogP contribution in [0.5, 0.6) is 0 Å². The molecule has 0 spiro atoms. The van der Waals surface area contributed by atoms with E-state index in [0.29, 0.717) is 5.69 Å². The molecule has 0 aliphatic rings. The molecule has 17 heavy (non-hydrogen) atoms. The van der Waals surface area contributed by atoms with Crippen molar-refractivity contribution in [3.8, 4) is 0 Å². The molecule has 1 N–H and O–H groups in total. The van der Waals surface area contributed by atoms with Gasteiger partial charge in [-0.1, -0.05) is 6.07 Å². The normalized spacial score (nSPS) is 11.1. The van der Waals surface area contributed by atoms with Gasteiger partial charge in [0.15, 0.2) is 0 Å². The highest BCUT2D eigenvalue weighted by Crippen LogP contribution is 2.15. The predicted molar refractivity (Wildman–Crippen MR) is 67.3 cm³/mol. The molecule has 1 amide bonds. The zero-order valence-corrected chi connectivity index (χ0v) is 10.6. The third-order valence-corrected chi connectivity index (χ3v) is 2.65. The summed E-state index contributed by atoms with van der Waals surface area (Å²) in [7, 11) is 0. The summed E-state index contributed by atoms with van der Waals surface area (Å²) in [6, 6.07) is 4.04. The second-order valence-electron chi connectivity index (χ2n) is 4.56. The number of rotatable bonds is 2. The van der Waals surface area contributed by atoms with Crippen molar-refractivity contribution < 1.29 is 4.79 Å². The number of pyridine rings is 1. The van der Waals surface area contributed by atoms with Crippen molar-refractivity contribution in [1.82, 2.24) is 14.7 Å². The number of aryl methyl sites for hydroxylation is 2. The molecule has 0 bridgehead atoms. The first-order valence-corrected chi connectivity index (χ1v) is 5.76. The maximum absolute atomic E-state index is 12.1. The number of carbonyl (C=O) groups is 1. The lowest BCUT2D eigenvalue weighted by molar-refractivity contribution is 0.0936. The Morgan fingerprint density at radius 1 is 1.41 bits per heavy atom. The molecule has 4 nitrogen and oxygen atoms in total. The highest BCUT2D eigenvalue weighted by molar-refractivity contribution is 5.94. The Morgan fingerprint density at radius 3 is 2.76 bits per heavy atom. The Hall–Kier alpha value is -1.84. The quantitative estimate of drug-likeness (QED) is 0.860. The van der Waals surface area contributed by atoms with Crippen molar-refractivity contribution in [1.29, 1.82) is 0 Å². The second kappa shape index (κ2) is 4.20. The molecule has 90 valence electrons. The Kier molecular flexibility index (Phi) is 2.88. The fourth-order valence-corrected chi connectivity index (χ4v) is 1.92. The Bertz CT molecular complexity index is 569.